The third-order valence-corrected chi connectivity index (χ3v) is 3.36. The Balaban J connectivity index is 2.59. The van der Waals surface area contributed by atoms with Crippen LogP contribution in [-0.4, -0.2) is 35.7 Å². The van der Waals surface area contributed by atoms with Crippen LogP contribution in [-0.2, 0) is 6.54 Å². The van der Waals surface area contributed by atoms with Gasteiger partial charge in [-0.15, -0.1) is 0 Å². The van der Waals surface area contributed by atoms with Crippen molar-refractivity contribution >= 4 is 22.0 Å². The van der Waals surface area contributed by atoms with Gasteiger partial charge in [-0.25, -0.2) is 9.18 Å². The second-order valence-corrected chi connectivity index (χ2v) is 4.96. The van der Waals surface area contributed by atoms with E-state index in [0.29, 0.717) is 18.7 Å². The van der Waals surface area contributed by atoms with E-state index in [0.717, 1.165) is 10.9 Å². The zero-order valence-electron chi connectivity index (χ0n) is 10.8. The van der Waals surface area contributed by atoms with Crippen molar-refractivity contribution < 1.29 is 14.3 Å². The Hall–Kier alpha value is -1.14. The molecule has 6 heteroatoms. The first-order valence-electron chi connectivity index (χ1n) is 6.16. The number of amides is 2. The topological polar surface area (TPSA) is 52.6 Å². The minimum atomic E-state index is -0.340. The molecule has 0 heterocycles. The number of carbonyl (C=O) groups is 1. The Kier molecular flexibility index (Phi) is 6.80. The highest BCUT2D eigenvalue weighted by Gasteiger charge is 2.12. The van der Waals surface area contributed by atoms with Crippen LogP contribution in [0.15, 0.2) is 22.7 Å². The maximum absolute atomic E-state index is 13.1. The molecule has 0 atom stereocenters. The number of nitrogens with zero attached hydrogens (tertiary/aromatic N) is 1. The third kappa shape index (κ3) is 5.16. The molecule has 0 aliphatic rings. The van der Waals surface area contributed by atoms with Crippen molar-refractivity contribution in [3.05, 3.63) is 34.1 Å². The quantitative estimate of drug-likeness (QED) is 0.840. The fourth-order valence-electron chi connectivity index (χ4n) is 1.67. The number of aliphatic hydroxyl groups is 1. The lowest BCUT2D eigenvalue weighted by Gasteiger charge is -2.21. The summed E-state index contributed by atoms with van der Waals surface area (Å²) in [4.78, 5) is 13.4. The van der Waals surface area contributed by atoms with Gasteiger partial charge in [0.1, 0.15) is 5.82 Å². The van der Waals surface area contributed by atoms with Crippen LogP contribution in [0.4, 0.5) is 9.18 Å². The Morgan fingerprint density at radius 1 is 1.47 bits per heavy atom. The van der Waals surface area contributed by atoms with Gasteiger partial charge in [0.25, 0.3) is 0 Å². The van der Waals surface area contributed by atoms with Crippen LogP contribution in [0.1, 0.15) is 18.9 Å². The number of hydrogen-bond acceptors (Lipinski definition) is 2. The lowest BCUT2D eigenvalue weighted by atomic mass is 10.2. The molecule has 0 aliphatic carbocycles. The molecule has 1 aromatic rings. The molecule has 0 radical (unpaired) electrons. The van der Waals surface area contributed by atoms with Crippen LogP contribution in [0.25, 0.3) is 0 Å². The molecule has 0 bridgehead atoms. The van der Waals surface area contributed by atoms with Gasteiger partial charge in [0.05, 0.1) is 6.61 Å². The predicted molar refractivity (Wildman–Crippen MR) is 75.3 cm³/mol. The fourth-order valence-corrected chi connectivity index (χ4v) is 2.05. The van der Waals surface area contributed by atoms with Crippen molar-refractivity contribution in [2.75, 3.05) is 19.7 Å². The highest BCUT2D eigenvalue weighted by Crippen LogP contribution is 2.17. The van der Waals surface area contributed by atoms with Crippen LogP contribution >= 0.6 is 15.9 Å². The van der Waals surface area contributed by atoms with E-state index < -0.39 is 0 Å². The molecular formula is C13H18BrFN2O2. The summed E-state index contributed by atoms with van der Waals surface area (Å²) in [7, 11) is 0. The van der Waals surface area contributed by atoms with Crippen molar-refractivity contribution in [3.8, 4) is 0 Å². The molecule has 19 heavy (non-hydrogen) atoms. The minimum Gasteiger partial charge on any atom is -0.395 e. The van der Waals surface area contributed by atoms with E-state index in [-0.39, 0.29) is 25.0 Å². The maximum Gasteiger partial charge on any atom is 0.317 e. The van der Waals surface area contributed by atoms with Gasteiger partial charge in [-0.2, -0.15) is 0 Å². The van der Waals surface area contributed by atoms with Crippen LogP contribution in [0.3, 0.4) is 0 Å². The molecule has 1 rings (SSSR count). The number of urea groups is 1. The van der Waals surface area contributed by atoms with Gasteiger partial charge in [-0.1, -0.05) is 22.9 Å². The van der Waals surface area contributed by atoms with Gasteiger partial charge in [0.15, 0.2) is 0 Å². The van der Waals surface area contributed by atoms with E-state index >= 15 is 0 Å². The van der Waals surface area contributed by atoms with E-state index in [1.54, 1.807) is 6.07 Å². The molecular weight excluding hydrogens is 315 g/mol. The lowest BCUT2D eigenvalue weighted by Crippen LogP contribution is -2.41. The number of benzene rings is 1. The Bertz CT molecular complexity index is 423. The Morgan fingerprint density at radius 3 is 2.84 bits per heavy atom. The van der Waals surface area contributed by atoms with Crippen molar-refractivity contribution in [1.29, 1.82) is 0 Å². The average molecular weight is 333 g/mol. The summed E-state index contributed by atoms with van der Waals surface area (Å²) in [6.07, 6.45) is 0.817. The van der Waals surface area contributed by atoms with Gasteiger partial charge in [-0.05, 0) is 30.2 Å². The summed E-state index contributed by atoms with van der Waals surface area (Å²) in [5, 5.41) is 11.6. The number of aliphatic hydroxyl groups excluding tert-OH is 1. The lowest BCUT2D eigenvalue weighted by molar-refractivity contribution is 0.177. The van der Waals surface area contributed by atoms with Crippen LogP contribution < -0.4 is 5.32 Å². The van der Waals surface area contributed by atoms with E-state index in [4.69, 9.17) is 5.11 Å². The number of halogens is 2. The Morgan fingerprint density at radius 2 is 2.21 bits per heavy atom. The van der Waals surface area contributed by atoms with E-state index in [1.807, 2.05) is 6.92 Å². The summed E-state index contributed by atoms with van der Waals surface area (Å²) in [5.41, 5.74) is 0.675. The molecule has 0 fully saturated rings. The van der Waals surface area contributed by atoms with Crippen LogP contribution in [0.2, 0.25) is 0 Å². The molecule has 0 saturated carbocycles. The van der Waals surface area contributed by atoms with Gasteiger partial charge in [0.2, 0.25) is 0 Å². The minimum absolute atomic E-state index is 0.0723. The van der Waals surface area contributed by atoms with Crippen LogP contribution in [0, 0.1) is 5.82 Å². The van der Waals surface area contributed by atoms with Crippen molar-refractivity contribution in [2.45, 2.75) is 19.9 Å². The zero-order valence-corrected chi connectivity index (χ0v) is 12.4. The smallest absolute Gasteiger partial charge is 0.317 e. The molecule has 1 aromatic carbocycles. The molecule has 4 nitrogen and oxygen atoms in total. The molecule has 2 N–H and O–H groups in total. The molecule has 106 valence electrons. The number of rotatable bonds is 6. The van der Waals surface area contributed by atoms with Crippen LogP contribution in [0.5, 0.6) is 0 Å². The van der Waals surface area contributed by atoms with Crippen molar-refractivity contribution in [2.24, 2.45) is 0 Å². The molecule has 0 aromatic heterocycles. The van der Waals surface area contributed by atoms with Gasteiger partial charge in [-0.3, -0.25) is 0 Å². The number of nitrogens with one attached hydrogen (secondary N) is 1. The third-order valence-electron chi connectivity index (χ3n) is 2.59. The second-order valence-electron chi connectivity index (χ2n) is 4.11. The number of hydrogen-bond donors (Lipinski definition) is 2. The zero-order chi connectivity index (χ0) is 14.3. The molecule has 0 unspecified atom stereocenters. The molecule has 0 spiro atoms. The normalized spacial score (nSPS) is 10.3. The molecule has 2 amide bonds. The summed E-state index contributed by atoms with van der Waals surface area (Å²) < 4.78 is 13.8. The first kappa shape index (κ1) is 15.9. The fraction of sp³-hybridized carbons (Fsp3) is 0.462. The summed E-state index contributed by atoms with van der Waals surface area (Å²) in [5.74, 6) is -0.340. The highest BCUT2D eigenvalue weighted by molar-refractivity contribution is 9.10. The van der Waals surface area contributed by atoms with Gasteiger partial charge in [0, 0.05) is 24.1 Å². The molecule has 0 saturated heterocycles. The highest BCUT2D eigenvalue weighted by atomic mass is 79.9. The second kappa shape index (κ2) is 8.12. The Labute approximate surface area is 120 Å². The summed E-state index contributed by atoms with van der Waals surface area (Å²) >= 11 is 3.31. The monoisotopic (exact) mass is 332 g/mol. The number of carbonyl (C=O) groups excluding carboxylic acids is 1. The van der Waals surface area contributed by atoms with Crippen molar-refractivity contribution in [3.63, 3.8) is 0 Å². The first-order chi connectivity index (χ1) is 9.08. The molecule has 0 aliphatic heterocycles. The maximum atomic E-state index is 13.1. The largest absolute Gasteiger partial charge is 0.395 e. The van der Waals surface area contributed by atoms with E-state index in [1.165, 1.54) is 17.0 Å². The summed E-state index contributed by atoms with van der Waals surface area (Å²) in [6.45, 7) is 3.00. The summed E-state index contributed by atoms with van der Waals surface area (Å²) in [6, 6.07) is 4.08. The van der Waals surface area contributed by atoms with E-state index in [9.17, 15) is 9.18 Å². The standard InChI is InChI=1S/C13H18BrFN2O2/c1-2-5-17(6-7-18)13(19)16-9-10-8-11(15)3-4-12(10)14/h3-4,8,18H,2,5-7,9H2,1H3,(H,16,19). The van der Waals surface area contributed by atoms with Gasteiger partial charge < -0.3 is 15.3 Å². The average Bonchev–Trinajstić information content (AvgIpc) is 2.39. The van der Waals surface area contributed by atoms with Crippen molar-refractivity contribution in [1.82, 2.24) is 10.2 Å². The first-order valence-corrected chi connectivity index (χ1v) is 6.95. The van der Waals surface area contributed by atoms with E-state index in [2.05, 4.69) is 21.2 Å². The van der Waals surface area contributed by atoms with Gasteiger partial charge >= 0.3 is 6.03 Å². The SMILES string of the molecule is CCCN(CCO)C(=O)NCc1cc(F)ccc1Br. The predicted octanol–water partition coefficient (Wildman–Crippen LogP) is 2.50.